The van der Waals surface area contributed by atoms with Gasteiger partial charge in [0.25, 0.3) is 0 Å². The van der Waals surface area contributed by atoms with E-state index in [1.165, 1.54) is 6.07 Å². The topological polar surface area (TPSA) is 69.7 Å². The van der Waals surface area contributed by atoms with Gasteiger partial charge < -0.3 is 5.32 Å². The third kappa shape index (κ3) is 5.34. The van der Waals surface area contributed by atoms with Crippen molar-refractivity contribution in [3.8, 4) is 0 Å². The summed E-state index contributed by atoms with van der Waals surface area (Å²) in [6.07, 6.45) is 2.51. The lowest BCUT2D eigenvalue weighted by atomic mass is 9.74. The number of likely N-dealkylation sites (tertiary alicyclic amines) is 1. The highest BCUT2D eigenvalue weighted by atomic mass is 32.2. The van der Waals surface area contributed by atoms with Crippen LogP contribution in [0.2, 0.25) is 0 Å². The van der Waals surface area contributed by atoms with Crippen molar-refractivity contribution >= 4 is 21.6 Å². The molecule has 2 aromatic rings. The largest absolute Gasteiger partial charge is 0.325 e. The lowest BCUT2D eigenvalue weighted by molar-refractivity contribution is -0.117. The lowest BCUT2D eigenvalue weighted by Crippen LogP contribution is -2.45. The Balaban J connectivity index is 1.36. The number of amides is 1. The van der Waals surface area contributed by atoms with Gasteiger partial charge in [-0.25, -0.2) is 12.8 Å². The van der Waals surface area contributed by atoms with E-state index >= 15 is 0 Å². The first-order valence-corrected chi connectivity index (χ1v) is 13.4. The van der Waals surface area contributed by atoms with E-state index in [9.17, 15) is 17.6 Å². The Hall–Kier alpha value is -2.29. The Morgan fingerprint density at radius 3 is 2.41 bits per heavy atom. The van der Waals surface area contributed by atoms with Crippen molar-refractivity contribution in [2.24, 2.45) is 5.41 Å². The fourth-order valence-electron chi connectivity index (χ4n) is 5.57. The second kappa shape index (κ2) is 9.40. The molecule has 184 valence electrons. The predicted octanol–water partition coefficient (Wildman–Crippen LogP) is 4.17. The maximum atomic E-state index is 13.7. The molecule has 2 aliphatic heterocycles. The molecular weight excluding hydrogens is 453 g/mol. The Morgan fingerprint density at radius 1 is 1.06 bits per heavy atom. The van der Waals surface area contributed by atoms with Gasteiger partial charge in [-0.05, 0) is 76.2 Å². The lowest BCUT2D eigenvalue weighted by Gasteiger charge is -2.39. The molecule has 1 amide bonds. The minimum atomic E-state index is -3.45. The predicted molar refractivity (Wildman–Crippen MR) is 132 cm³/mol. The zero-order valence-corrected chi connectivity index (χ0v) is 21.0. The molecule has 2 fully saturated rings. The zero-order chi connectivity index (χ0) is 24.6. The number of carbonyl (C=O) groups excluding carboxylic acids is 1. The molecule has 8 heteroatoms. The van der Waals surface area contributed by atoms with Crippen molar-refractivity contribution in [1.29, 1.82) is 0 Å². The summed E-state index contributed by atoms with van der Waals surface area (Å²) in [7, 11) is -3.45. The summed E-state index contributed by atoms with van der Waals surface area (Å²) < 4.78 is 42.1. The summed E-state index contributed by atoms with van der Waals surface area (Å²) in [6, 6.07) is 14.0. The molecule has 2 heterocycles. The van der Waals surface area contributed by atoms with Gasteiger partial charge in [-0.2, -0.15) is 4.31 Å². The Labute approximate surface area is 202 Å². The Kier molecular flexibility index (Phi) is 6.86. The Bertz CT molecular complexity index is 1140. The number of hydrogen-bond acceptors (Lipinski definition) is 4. The summed E-state index contributed by atoms with van der Waals surface area (Å²) in [6.45, 7) is 7.92. The van der Waals surface area contributed by atoms with Crippen molar-refractivity contribution in [2.45, 2.75) is 51.3 Å². The minimum absolute atomic E-state index is 0.0130. The van der Waals surface area contributed by atoms with Crippen LogP contribution in [0.5, 0.6) is 0 Å². The van der Waals surface area contributed by atoms with Crippen molar-refractivity contribution < 1.29 is 17.6 Å². The number of carbonyl (C=O) groups is 1. The molecule has 0 aromatic heterocycles. The average Bonchev–Trinajstić information content (AvgIpc) is 3.04. The first-order valence-electron chi connectivity index (χ1n) is 11.8. The molecule has 0 atom stereocenters. The van der Waals surface area contributed by atoms with Gasteiger partial charge in [0.05, 0.1) is 12.3 Å². The van der Waals surface area contributed by atoms with E-state index in [2.05, 4.69) is 10.2 Å². The van der Waals surface area contributed by atoms with E-state index in [4.69, 9.17) is 0 Å². The van der Waals surface area contributed by atoms with Gasteiger partial charge in [-0.1, -0.05) is 36.4 Å². The summed E-state index contributed by atoms with van der Waals surface area (Å²) in [4.78, 5) is 14.7. The van der Waals surface area contributed by atoms with Gasteiger partial charge in [0.1, 0.15) is 5.82 Å². The maximum Gasteiger partial charge on any atom is 0.238 e. The van der Waals surface area contributed by atoms with E-state index in [0.29, 0.717) is 17.8 Å². The third-order valence-corrected chi connectivity index (χ3v) is 9.31. The number of rotatable bonds is 6. The molecule has 0 radical (unpaired) electrons. The van der Waals surface area contributed by atoms with Crippen LogP contribution in [0, 0.1) is 18.2 Å². The molecule has 2 aromatic carbocycles. The van der Waals surface area contributed by atoms with Crippen LogP contribution in [0.3, 0.4) is 0 Å². The molecule has 0 bridgehead atoms. The number of halogens is 1. The second-order valence-corrected chi connectivity index (χ2v) is 12.4. The molecule has 34 heavy (non-hydrogen) atoms. The molecule has 2 saturated heterocycles. The molecule has 0 aliphatic carbocycles. The van der Waals surface area contributed by atoms with Crippen LogP contribution in [0.25, 0.3) is 0 Å². The van der Waals surface area contributed by atoms with Gasteiger partial charge in [0.2, 0.25) is 15.9 Å². The number of sulfonamides is 1. The molecule has 0 saturated carbocycles. The number of piperidine rings is 1. The van der Waals surface area contributed by atoms with Crippen molar-refractivity contribution in [1.82, 2.24) is 9.21 Å². The zero-order valence-electron chi connectivity index (χ0n) is 20.2. The second-order valence-electron chi connectivity index (χ2n) is 10.5. The van der Waals surface area contributed by atoms with Gasteiger partial charge in [-0.3, -0.25) is 9.69 Å². The standard InChI is InChI=1S/C26H34FN3O3S/c1-20-22(27)10-7-11-23(20)28-24(31)16-29-14-12-26(13-15-29)18-25(2,3)30(19-26)34(32,33)17-21-8-5-4-6-9-21/h4-11H,12-19H2,1-3H3,(H,28,31). The fourth-order valence-corrected chi connectivity index (χ4v) is 7.63. The highest BCUT2D eigenvalue weighted by molar-refractivity contribution is 7.88. The van der Waals surface area contributed by atoms with Crippen LogP contribution >= 0.6 is 0 Å². The smallest absolute Gasteiger partial charge is 0.238 e. The highest BCUT2D eigenvalue weighted by Crippen LogP contribution is 2.49. The van der Waals surface area contributed by atoms with Crippen LogP contribution in [0.1, 0.15) is 44.2 Å². The van der Waals surface area contributed by atoms with E-state index < -0.39 is 15.6 Å². The SMILES string of the molecule is Cc1c(F)cccc1NC(=O)CN1CCC2(CC1)CN(S(=O)(=O)Cc1ccccc1)C(C)(C)C2. The van der Waals surface area contributed by atoms with Gasteiger partial charge >= 0.3 is 0 Å². The fraction of sp³-hybridized carbons (Fsp3) is 0.500. The van der Waals surface area contributed by atoms with Crippen molar-refractivity contribution in [3.63, 3.8) is 0 Å². The summed E-state index contributed by atoms with van der Waals surface area (Å²) in [5.74, 6) is -0.490. The van der Waals surface area contributed by atoms with Crippen molar-refractivity contribution in [3.05, 3.63) is 65.5 Å². The van der Waals surface area contributed by atoms with Crippen LogP contribution in [0.15, 0.2) is 48.5 Å². The van der Waals surface area contributed by atoms with Gasteiger partial charge in [0.15, 0.2) is 0 Å². The summed E-state index contributed by atoms with van der Waals surface area (Å²) >= 11 is 0. The monoisotopic (exact) mass is 487 g/mol. The molecule has 1 spiro atoms. The molecule has 0 unspecified atom stereocenters. The summed E-state index contributed by atoms with van der Waals surface area (Å²) in [5, 5.41) is 2.81. The number of hydrogen-bond donors (Lipinski definition) is 1. The van der Waals surface area contributed by atoms with E-state index in [-0.39, 0.29) is 29.4 Å². The van der Waals surface area contributed by atoms with Crippen LogP contribution in [0.4, 0.5) is 10.1 Å². The molecule has 2 aliphatic rings. The Morgan fingerprint density at radius 2 is 1.74 bits per heavy atom. The first-order chi connectivity index (χ1) is 16.0. The third-order valence-electron chi connectivity index (χ3n) is 7.32. The van der Waals surface area contributed by atoms with Crippen LogP contribution in [-0.4, -0.2) is 55.2 Å². The number of nitrogens with one attached hydrogen (secondary N) is 1. The van der Waals surface area contributed by atoms with Gasteiger partial charge in [-0.15, -0.1) is 0 Å². The van der Waals surface area contributed by atoms with E-state index in [1.807, 2.05) is 44.2 Å². The minimum Gasteiger partial charge on any atom is -0.325 e. The maximum absolute atomic E-state index is 13.7. The van der Waals surface area contributed by atoms with Crippen LogP contribution < -0.4 is 5.32 Å². The van der Waals surface area contributed by atoms with E-state index in [0.717, 1.165) is 37.9 Å². The van der Waals surface area contributed by atoms with Crippen LogP contribution in [-0.2, 0) is 20.6 Å². The number of anilines is 1. The first kappa shape index (κ1) is 24.8. The number of nitrogens with zero attached hydrogens (tertiary/aromatic N) is 2. The molecule has 6 nitrogen and oxygen atoms in total. The molecule has 4 rings (SSSR count). The quantitative estimate of drug-likeness (QED) is 0.664. The van der Waals surface area contributed by atoms with Crippen molar-refractivity contribution in [2.75, 3.05) is 31.5 Å². The average molecular weight is 488 g/mol. The molecule has 1 N–H and O–H groups in total. The summed E-state index contributed by atoms with van der Waals surface area (Å²) in [5.41, 5.74) is 1.21. The van der Waals surface area contributed by atoms with E-state index in [1.54, 1.807) is 23.4 Å². The van der Waals surface area contributed by atoms with Gasteiger partial charge in [0, 0.05) is 23.3 Å². The number of benzene rings is 2. The molecular formula is C26H34FN3O3S. The highest BCUT2D eigenvalue weighted by Gasteiger charge is 2.53. The normalized spacial score (nSPS) is 20.5.